The van der Waals surface area contributed by atoms with Crippen molar-refractivity contribution in [2.24, 2.45) is 0 Å². The Morgan fingerprint density at radius 2 is 0.701 bits per heavy atom. The fourth-order valence-electron chi connectivity index (χ4n) is 7.29. The molecule has 77 heavy (non-hydrogen) atoms. The van der Waals surface area contributed by atoms with Crippen LogP contribution in [0.5, 0.6) is 0 Å². The number of carboxylic acids is 1. The number of nitrogens with zero attached hydrogens (tertiary/aromatic N) is 1. The van der Waals surface area contributed by atoms with E-state index in [0.717, 1.165) is 154 Å². The molecule has 0 aliphatic carbocycles. The van der Waals surface area contributed by atoms with Crippen molar-refractivity contribution in [2.75, 3.05) is 47.5 Å². The normalized spacial score (nSPS) is 13.9. The van der Waals surface area contributed by atoms with Gasteiger partial charge in [-0.15, -0.1) is 0 Å². The van der Waals surface area contributed by atoms with Crippen LogP contribution in [0, 0.1) is 0 Å². The molecule has 9 nitrogen and oxygen atoms in total. The fraction of sp³-hybridized carbons (Fsp3) is 0.574. The van der Waals surface area contributed by atoms with Crippen LogP contribution >= 0.6 is 0 Å². The summed E-state index contributed by atoms with van der Waals surface area (Å²) in [4.78, 5) is 37.4. The summed E-state index contributed by atoms with van der Waals surface area (Å²) in [6, 6.07) is 0. The highest BCUT2D eigenvalue weighted by Crippen LogP contribution is 2.13. The highest BCUT2D eigenvalue weighted by atomic mass is 16.7. The summed E-state index contributed by atoms with van der Waals surface area (Å²) in [6.45, 7) is 4.58. The van der Waals surface area contributed by atoms with E-state index < -0.39 is 24.3 Å². The van der Waals surface area contributed by atoms with Gasteiger partial charge in [0.15, 0.2) is 6.10 Å². The summed E-state index contributed by atoms with van der Waals surface area (Å²) in [7, 11) is 5.94. The molecule has 9 heteroatoms. The first-order valence-corrected chi connectivity index (χ1v) is 29.6. The molecule has 0 saturated carbocycles. The average molecular weight is 1070 g/mol. The number of carbonyl (C=O) groups is 3. The minimum atomic E-state index is -1.53. The molecule has 0 amide bonds. The van der Waals surface area contributed by atoms with E-state index in [0.29, 0.717) is 23.9 Å². The van der Waals surface area contributed by atoms with E-state index in [1.54, 1.807) is 0 Å². The molecule has 0 aliphatic heterocycles. The predicted molar refractivity (Wildman–Crippen MR) is 327 cm³/mol. The quantitative estimate of drug-likeness (QED) is 0.0211. The Morgan fingerprint density at radius 3 is 1.04 bits per heavy atom. The van der Waals surface area contributed by atoms with Crippen molar-refractivity contribution >= 4 is 17.9 Å². The number of ether oxygens (including phenoxy) is 4. The monoisotopic (exact) mass is 1070 g/mol. The first kappa shape index (κ1) is 71.9. The van der Waals surface area contributed by atoms with Crippen LogP contribution < -0.4 is 0 Å². The Morgan fingerprint density at radius 1 is 0.390 bits per heavy atom. The van der Waals surface area contributed by atoms with Gasteiger partial charge in [0, 0.05) is 12.8 Å². The standard InChI is InChI=1S/C68H107NO8/c1-6-8-10-12-14-16-18-20-22-23-24-25-26-27-28-29-30-31-32-33-34-35-36-37-38-39-40-41-42-43-45-47-49-51-53-55-57-59-66(71)77-64(63-76-68(67(72)73)74-61-60-69(3,4)5)62-75-65(70)58-56-54-52-50-48-46-44-21-19-17-15-13-11-9-7-2/h8-11,14-17,20-22,24-25,27-28,30-31,33-34,36-37,39-40,42-44,64,68H,6-7,12-13,18-19,23,26,29,32,35,38,41,45-63H2,1-5H3/p+1/b10-8-,11-9-,16-14-,17-15-,22-20-,25-24-,28-27-,31-30-,34-33-,37-36-,40-39-,43-42-,44-21-. The molecule has 0 rings (SSSR count). The van der Waals surface area contributed by atoms with Crippen LogP contribution in [-0.4, -0.2) is 87.4 Å². The second-order valence-corrected chi connectivity index (χ2v) is 20.2. The maximum absolute atomic E-state index is 12.9. The number of allylic oxidation sites excluding steroid dienone is 26. The summed E-state index contributed by atoms with van der Waals surface area (Å²) >= 11 is 0. The largest absolute Gasteiger partial charge is 0.477 e. The number of likely N-dealkylation sites (N-methyl/N-ethyl adjacent to an activating group) is 1. The fourth-order valence-corrected chi connectivity index (χ4v) is 7.29. The highest BCUT2D eigenvalue weighted by molar-refractivity contribution is 5.71. The van der Waals surface area contributed by atoms with Gasteiger partial charge >= 0.3 is 17.9 Å². The molecule has 2 atom stereocenters. The van der Waals surface area contributed by atoms with Crippen molar-refractivity contribution in [3.05, 3.63) is 158 Å². The summed E-state index contributed by atoms with van der Waals surface area (Å²) in [5.41, 5.74) is 0. The molecule has 432 valence electrons. The molecule has 0 saturated heterocycles. The lowest BCUT2D eigenvalue weighted by Crippen LogP contribution is -2.40. The molecule has 2 unspecified atom stereocenters. The number of esters is 2. The lowest BCUT2D eigenvalue weighted by atomic mass is 10.1. The zero-order chi connectivity index (χ0) is 56.2. The Labute approximate surface area is 470 Å². The van der Waals surface area contributed by atoms with E-state index in [1.807, 2.05) is 21.1 Å². The van der Waals surface area contributed by atoms with Gasteiger partial charge in [-0.05, 0) is 122 Å². The topological polar surface area (TPSA) is 108 Å². The lowest BCUT2D eigenvalue weighted by Gasteiger charge is -2.25. The summed E-state index contributed by atoms with van der Waals surface area (Å²) < 4.78 is 22.8. The Bertz CT molecular complexity index is 1810. The van der Waals surface area contributed by atoms with Crippen LogP contribution in [0.4, 0.5) is 0 Å². The van der Waals surface area contributed by atoms with Crippen molar-refractivity contribution in [2.45, 2.75) is 206 Å². The van der Waals surface area contributed by atoms with E-state index in [9.17, 15) is 19.5 Å². The van der Waals surface area contributed by atoms with Crippen LogP contribution in [0.15, 0.2) is 158 Å². The van der Waals surface area contributed by atoms with Crippen LogP contribution in [-0.2, 0) is 33.3 Å². The van der Waals surface area contributed by atoms with E-state index in [4.69, 9.17) is 18.9 Å². The number of unbranched alkanes of at least 4 members (excludes halogenated alkanes) is 11. The van der Waals surface area contributed by atoms with Gasteiger partial charge in [-0.3, -0.25) is 9.59 Å². The van der Waals surface area contributed by atoms with Crippen molar-refractivity contribution in [3.8, 4) is 0 Å². The third kappa shape index (κ3) is 58.4. The van der Waals surface area contributed by atoms with Gasteiger partial charge in [0.2, 0.25) is 0 Å². The van der Waals surface area contributed by atoms with E-state index in [1.165, 1.54) is 0 Å². The number of rotatable bonds is 52. The second kappa shape index (κ2) is 57.1. The third-order valence-corrected chi connectivity index (χ3v) is 11.8. The molecule has 0 aliphatic rings. The summed E-state index contributed by atoms with van der Waals surface area (Å²) in [6.07, 6.45) is 81.9. The zero-order valence-corrected chi connectivity index (χ0v) is 49.0. The van der Waals surface area contributed by atoms with E-state index in [-0.39, 0.29) is 38.6 Å². The number of hydrogen-bond donors (Lipinski definition) is 1. The predicted octanol–water partition coefficient (Wildman–Crippen LogP) is 17.8. The molecule has 0 aromatic carbocycles. The smallest absolute Gasteiger partial charge is 0.361 e. The molecule has 0 radical (unpaired) electrons. The number of quaternary nitrogens is 1. The molecular weight excluding hydrogens is 959 g/mol. The van der Waals surface area contributed by atoms with Gasteiger partial charge in [0.1, 0.15) is 13.2 Å². The molecule has 0 aromatic rings. The molecule has 0 fully saturated rings. The summed E-state index contributed by atoms with van der Waals surface area (Å²) in [5, 5.41) is 9.69. The highest BCUT2D eigenvalue weighted by Gasteiger charge is 2.25. The minimum Gasteiger partial charge on any atom is -0.477 e. The van der Waals surface area contributed by atoms with Gasteiger partial charge in [-0.25, -0.2) is 4.79 Å². The van der Waals surface area contributed by atoms with Gasteiger partial charge in [-0.1, -0.05) is 217 Å². The Kier molecular flexibility index (Phi) is 53.3. The van der Waals surface area contributed by atoms with Gasteiger partial charge < -0.3 is 28.5 Å². The molecule has 0 heterocycles. The van der Waals surface area contributed by atoms with Crippen LogP contribution in [0.3, 0.4) is 0 Å². The number of carbonyl (C=O) groups excluding carboxylic acids is 2. The molecule has 0 spiro atoms. The van der Waals surface area contributed by atoms with Crippen molar-refractivity contribution in [1.29, 1.82) is 0 Å². The van der Waals surface area contributed by atoms with Crippen LogP contribution in [0.1, 0.15) is 194 Å². The second-order valence-electron chi connectivity index (χ2n) is 20.2. The molecule has 1 N–H and O–H groups in total. The van der Waals surface area contributed by atoms with Crippen molar-refractivity contribution in [1.82, 2.24) is 0 Å². The minimum absolute atomic E-state index is 0.172. The van der Waals surface area contributed by atoms with Crippen molar-refractivity contribution in [3.63, 3.8) is 0 Å². The maximum atomic E-state index is 12.9. The lowest BCUT2D eigenvalue weighted by molar-refractivity contribution is -0.870. The van der Waals surface area contributed by atoms with Crippen LogP contribution in [0.25, 0.3) is 0 Å². The first-order chi connectivity index (χ1) is 37.6. The average Bonchev–Trinajstić information content (AvgIpc) is 3.40. The van der Waals surface area contributed by atoms with Crippen LogP contribution in [0.2, 0.25) is 0 Å². The first-order valence-electron chi connectivity index (χ1n) is 29.6. The van der Waals surface area contributed by atoms with E-state index >= 15 is 0 Å². The number of carboxylic acid groups (broad SMARTS) is 1. The molecule has 0 aromatic heterocycles. The van der Waals surface area contributed by atoms with Gasteiger partial charge in [-0.2, -0.15) is 0 Å². The zero-order valence-electron chi connectivity index (χ0n) is 49.0. The van der Waals surface area contributed by atoms with E-state index in [2.05, 4.69) is 172 Å². The Hall–Kier alpha value is -5.09. The van der Waals surface area contributed by atoms with Gasteiger partial charge in [0.25, 0.3) is 6.29 Å². The molecule has 0 bridgehead atoms. The maximum Gasteiger partial charge on any atom is 0.361 e. The van der Waals surface area contributed by atoms with Crippen molar-refractivity contribution < 1.29 is 42.9 Å². The molecular formula is C68H108NO8+. The van der Waals surface area contributed by atoms with Gasteiger partial charge in [0.05, 0.1) is 34.4 Å². The Balaban J connectivity index is 4.27. The SMILES string of the molecule is CC/C=C\C/C=C\C/C=C\C/C=C\C/C=C\C/C=C\C/C=C\C/C=C\C/C=C\C/C=C\CCCCCCCCC(=O)OC(COC(=O)CCCCCCC/C=C\C/C=C\C/C=C\CC)COC(OCC[N+](C)(C)C)C(=O)O. The summed E-state index contributed by atoms with van der Waals surface area (Å²) in [5.74, 6) is -2.07. The number of aliphatic carboxylic acids is 1. The third-order valence-electron chi connectivity index (χ3n) is 11.8. The number of hydrogen-bond acceptors (Lipinski definition) is 7.